The summed E-state index contributed by atoms with van der Waals surface area (Å²) in [7, 11) is 1.58. The molecule has 2 saturated heterocycles. The number of carbonyl (C=O) groups is 1. The van der Waals surface area contributed by atoms with Gasteiger partial charge in [-0.05, 0) is 68.8 Å². The predicted octanol–water partition coefficient (Wildman–Crippen LogP) is 3.60. The largest absolute Gasteiger partial charge is 0.399 e. The molecule has 8 nitrogen and oxygen atoms in total. The number of aromatic nitrogens is 2. The minimum absolute atomic E-state index is 0.121. The van der Waals surface area contributed by atoms with Crippen molar-refractivity contribution in [2.75, 3.05) is 39.0 Å². The van der Waals surface area contributed by atoms with E-state index in [0.717, 1.165) is 81.7 Å². The standard InChI is InChI=1S/C25H33ClN6O2/c1-34-30-23(20-2-4-22(26)5-3-20)14-18-6-12-32(13-7-18)24(33)21-8-10-31(11-9-21)17-19-15-28-25(27)29-16-19/h2-5,15-16,18,21H,6-14,17H2,1H3,(H2,27,28,29)/b30-23-. The minimum atomic E-state index is 0.121. The van der Waals surface area contributed by atoms with Crippen molar-refractivity contribution in [2.45, 2.75) is 38.6 Å². The van der Waals surface area contributed by atoms with E-state index in [-0.39, 0.29) is 5.92 Å². The molecule has 2 N–H and O–H groups in total. The summed E-state index contributed by atoms with van der Waals surface area (Å²) in [5, 5.41) is 4.97. The Hall–Kier alpha value is -2.71. The van der Waals surface area contributed by atoms with Crippen LogP contribution in [0.1, 0.15) is 43.2 Å². The Morgan fingerprint density at radius 3 is 2.35 bits per heavy atom. The van der Waals surface area contributed by atoms with Crippen LogP contribution in [-0.4, -0.2) is 64.7 Å². The van der Waals surface area contributed by atoms with Crippen molar-refractivity contribution in [2.24, 2.45) is 17.0 Å². The summed E-state index contributed by atoms with van der Waals surface area (Å²) in [5.74, 6) is 1.22. The second kappa shape index (κ2) is 11.6. The third-order valence-corrected chi connectivity index (χ3v) is 7.11. The molecular formula is C25H33ClN6O2. The summed E-state index contributed by atoms with van der Waals surface area (Å²) in [6.45, 7) is 4.25. The molecule has 9 heteroatoms. The first-order chi connectivity index (χ1) is 16.5. The fourth-order valence-corrected chi connectivity index (χ4v) is 5.02. The number of nitrogens with zero attached hydrogens (tertiary/aromatic N) is 5. The Bertz CT molecular complexity index is 966. The first-order valence-electron chi connectivity index (χ1n) is 12.0. The normalized spacial score (nSPS) is 18.8. The van der Waals surface area contributed by atoms with E-state index >= 15 is 0 Å². The zero-order chi connectivity index (χ0) is 23.9. The Morgan fingerprint density at radius 1 is 1.09 bits per heavy atom. The number of oxime groups is 1. The maximum absolute atomic E-state index is 13.2. The monoisotopic (exact) mass is 484 g/mol. The molecule has 0 spiro atoms. The average molecular weight is 485 g/mol. The highest BCUT2D eigenvalue weighted by Gasteiger charge is 2.31. The lowest BCUT2D eigenvalue weighted by atomic mass is 9.88. The van der Waals surface area contributed by atoms with Crippen molar-refractivity contribution in [1.82, 2.24) is 19.8 Å². The first-order valence-corrected chi connectivity index (χ1v) is 12.3. The number of hydrogen-bond donors (Lipinski definition) is 1. The number of hydrogen-bond acceptors (Lipinski definition) is 7. The van der Waals surface area contributed by atoms with Crippen molar-refractivity contribution in [3.8, 4) is 0 Å². The number of amides is 1. The second-order valence-corrected chi connectivity index (χ2v) is 9.64. The number of likely N-dealkylation sites (tertiary alicyclic amines) is 2. The number of rotatable bonds is 7. The van der Waals surface area contributed by atoms with E-state index < -0.39 is 0 Å². The molecule has 0 bridgehead atoms. The fraction of sp³-hybridized carbons (Fsp3) is 0.520. The Balaban J connectivity index is 1.23. The van der Waals surface area contributed by atoms with E-state index in [2.05, 4.69) is 24.9 Å². The molecule has 2 aliphatic rings. The predicted molar refractivity (Wildman–Crippen MR) is 133 cm³/mol. The summed E-state index contributed by atoms with van der Waals surface area (Å²) in [6.07, 6.45) is 8.16. The van der Waals surface area contributed by atoms with Gasteiger partial charge in [0.2, 0.25) is 11.9 Å². The molecule has 0 saturated carbocycles. The van der Waals surface area contributed by atoms with Crippen LogP contribution in [-0.2, 0) is 16.2 Å². The van der Waals surface area contributed by atoms with Gasteiger partial charge in [-0.15, -0.1) is 0 Å². The molecule has 182 valence electrons. The summed E-state index contributed by atoms with van der Waals surface area (Å²) >= 11 is 6.02. The van der Waals surface area contributed by atoms with Crippen molar-refractivity contribution < 1.29 is 9.63 Å². The summed E-state index contributed by atoms with van der Waals surface area (Å²) in [6, 6.07) is 7.70. The van der Waals surface area contributed by atoms with E-state index in [9.17, 15) is 4.79 Å². The van der Waals surface area contributed by atoms with Gasteiger partial charge in [0.05, 0.1) is 5.71 Å². The third-order valence-electron chi connectivity index (χ3n) is 6.86. The molecule has 0 atom stereocenters. The molecular weight excluding hydrogens is 452 g/mol. The average Bonchev–Trinajstić information content (AvgIpc) is 2.86. The van der Waals surface area contributed by atoms with Gasteiger partial charge in [0, 0.05) is 48.5 Å². The highest BCUT2D eigenvalue weighted by molar-refractivity contribution is 6.30. The second-order valence-electron chi connectivity index (χ2n) is 9.20. The maximum Gasteiger partial charge on any atom is 0.225 e. The van der Waals surface area contributed by atoms with E-state index in [0.29, 0.717) is 22.8 Å². The van der Waals surface area contributed by atoms with E-state index in [1.54, 1.807) is 19.5 Å². The molecule has 1 aromatic carbocycles. The summed E-state index contributed by atoms with van der Waals surface area (Å²) in [4.78, 5) is 30.8. The van der Waals surface area contributed by atoms with Crippen LogP contribution in [0.3, 0.4) is 0 Å². The number of benzene rings is 1. The van der Waals surface area contributed by atoms with Crippen LogP contribution in [0.15, 0.2) is 41.8 Å². The number of piperidine rings is 2. The molecule has 4 rings (SSSR count). The summed E-state index contributed by atoms with van der Waals surface area (Å²) in [5.41, 5.74) is 8.58. The molecule has 34 heavy (non-hydrogen) atoms. The Morgan fingerprint density at radius 2 is 1.74 bits per heavy atom. The molecule has 2 fully saturated rings. The van der Waals surface area contributed by atoms with E-state index in [1.165, 1.54) is 0 Å². The molecule has 0 aliphatic carbocycles. The topological polar surface area (TPSA) is 96.9 Å². The fourth-order valence-electron chi connectivity index (χ4n) is 4.89. The Kier molecular flexibility index (Phi) is 8.34. The van der Waals surface area contributed by atoms with Crippen molar-refractivity contribution in [3.63, 3.8) is 0 Å². The molecule has 0 unspecified atom stereocenters. The number of carbonyl (C=O) groups excluding carboxylic acids is 1. The van der Waals surface area contributed by atoms with Gasteiger partial charge >= 0.3 is 0 Å². The highest BCUT2D eigenvalue weighted by Crippen LogP contribution is 2.27. The van der Waals surface area contributed by atoms with Gasteiger partial charge in [0.25, 0.3) is 0 Å². The maximum atomic E-state index is 13.2. The van der Waals surface area contributed by atoms with Gasteiger partial charge in [-0.3, -0.25) is 9.69 Å². The SMILES string of the molecule is CO/N=C(/CC1CCN(C(=O)C2CCN(Cc3cnc(N)nc3)CC2)CC1)c1ccc(Cl)cc1. The van der Waals surface area contributed by atoms with Crippen LogP contribution in [0.5, 0.6) is 0 Å². The first kappa shape index (κ1) is 24.4. The van der Waals surface area contributed by atoms with Crippen molar-refractivity contribution >= 4 is 29.2 Å². The zero-order valence-corrected chi connectivity index (χ0v) is 20.5. The van der Waals surface area contributed by atoms with Gasteiger partial charge < -0.3 is 15.5 Å². The number of nitrogen functional groups attached to an aromatic ring is 1. The van der Waals surface area contributed by atoms with Crippen molar-refractivity contribution in [1.29, 1.82) is 0 Å². The third kappa shape index (κ3) is 6.45. The molecule has 2 aromatic rings. The number of halogens is 1. The van der Waals surface area contributed by atoms with Gasteiger partial charge in [0.15, 0.2) is 0 Å². The lowest BCUT2D eigenvalue weighted by Gasteiger charge is -2.37. The van der Waals surface area contributed by atoms with E-state index in [1.807, 2.05) is 24.3 Å². The zero-order valence-electron chi connectivity index (χ0n) is 19.7. The van der Waals surface area contributed by atoms with Gasteiger partial charge in [-0.25, -0.2) is 9.97 Å². The van der Waals surface area contributed by atoms with E-state index in [4.69, 9.17) is 22.2 Å². The summed E-state index contributed by atoms with van der Waals surface area (Å²) < 4.78 is 0. The van der Waals surface area contributed by atoms with Gasteiger partial charge in [0.1, 0.15) is 7.11 Å². The molecule has 1 amide bonds. The van der Waals surface area contributed by atoms with Crippen LogP contribution in [0.4, 0.5) is 5.95 Å². The number of nitrogens with two attached hydrogens (primary N) is 1. The smallest absolute Gasteiger partial charge is 0.225 e. The van der Waals surface area contributed by atoms with Crippen LogP contribution in [0.2, 0.25) is 5.02 Å². The van der Waals surface area contributed by atoms with Crippen LogP contribution in [0, 0.1) is 11.8 Å². The van der Waals surface area contributed by atoms with Gasteiger partial charge in [-0.2, -0.15) is 0 Å². The molecule has 2 aliphatic heterocycles. The van der Waals surface area contributed by atoms with Crippen LogP contribution in [0.25, 0.3) is 0 Å². The van der Waals surface area contributed by atoms with Crippen molar-refractivity contribution in [3.05, 3.63) is 52.8 Å². The molecule has 3 heterocycles. The quantitative estimate of drug-likeness (QED) is 0.476. The van der Waals surface area contributed by atoms with Crippen LogP contribution < -0.4 is 5.73 Å². The Labute approximate surface area is 206 Å². The highest BCUT2D eigenvalue weighted by atomic mass is 35.5. The lowest BCUT2D eigenvalue weighted by molar-refractivity contribution is -0.138. The lowest BCUT2D eigenvalue weighted by Crippen LogP contribution is -2.45. The van der Waals surface area contributed by atoms with Crippen LogP contribution >= 0.6 is 11.6 Å². The molecule has 0 radical (unpaired) electrons. The minimum Gasteiger partial charge on any atom is -0.399 e. The van der Waals surface area contributed by atoms with Gasteiger partial charge in [-0.1, -0.05) is 28.9 Å². The molecule has 1 aromatic heterocycles. The number of anilines is 1.